The molecule has 0 saturated heterocycles. The van der Waals surface area contributed by atoms with Crippen molar-refractivity contribution in [2.75, 3.05) is 0 Å². The first kappa shape index (κ1) is 14.6. The van der Waals surface area contributed by atoms with E-state index < -0.39 is 0 Å². The summed E-state index contributed by atoms with van der Waals surface area (Å²) in [6, 6.07) is 12.8. The molecule has 2 aromatic carbocycles. The summed E-state index contributed by atoms with van der Waals surface area (Å²) >= 11 is 5.85. The predicted molar refractivity (Wildman–Crippen MR) is 88.7 cm³/mol. The van der Waals surface area contributed by atoms with E-state index >= 15 is 0 Å². The number of aromatic nitrogens is 2. The number of aromatic amines is 1. The number of rotatable bonds is 3. The molecule has 1 heterocycles. The van der Waals surface area contributed by atoms with Gasteiger partial charge >= 0.3 is 5.69 Å². The zero-order chi connectivity index (χ0) is 15.7. The second-order valence-corrected chi connectivity index (χ2v) is 5.75. The molecule has 0 atom stereocenters. The number of hydrogen-bond acceptors (Lipinski definition) is 2. The second kappa shape index (κ2) is 5.81. The monoisotopic (exact) mass is 314 g/mol. The lowest BCUT2D eigenvalue weighted by Gasteiger charge is -2.07. The fraction of sp³-hybridized carbons (Fsp3) is 0.176. The number of nitrogens with one attached hydrogen (secondary N) is 1. The number of aryl methyl sites for hydroxylation is 2. The molecule has 0 unspecified atom stereocenters. The minimum Gasteiger partial charge on any atom is -0.307 e. The van der Waals surface area contributed by atoms with Gasteiger partial charge in [-0.2, -0.15) is 0 Å². The Morgan fingerprint density at radius 2 is 1.82 bits per heavy atom. The third-order valence-electron chi connectivity index (χ3n) is 3.67. The highest BCUT2D eigenvalue weighted by molar-refractivity contribution is 6.30. The van der Waals surface area contributed by atoms with Crippen molar-refractivity contribution in [3.8, 4) is 0 Å². The quantitative estimate of drug-likeness (QED) is 0.808. The normalized spacial score (nSPS) is 11.0. The number of benzene rings is 2. The van der Waals surface area contributed by atoms with E-state index in [1.54, 1.807) is 24.3 Å². The Labute approximate surface area is 132 Å². The molecule has 1 aromatic heterocycles. The molecular formula is C17H15ClN2O2. The van der Waals surface area contributed by atoms with Crippen LogP contribution in [0.3, 0.4) is 0 Å². The third kappa shape index (κ3) is 2.83. The van der Waals surface area contributed by atoms with Crippen LogP contribution in [0.25, 0.3) is 10.9 Å². The molecule has 0 amide bonds. The minimum atomic E-state index is -0.379. The Balaban J connectivity index is 1.98. The van der Waals surface area contributed by atoms with Crippen LogP contribution in [0.15, 0.2) is 52.1 Å². The van der Waals surface area contributed by atoms with Crippen LogP contribution in [0.1, 0.15) is 11.1 Å². The van der Waals surface area contributed by atoms with Crippen LogP contribution in [0.4, 0.5) is 0 Å². The number of H-pyrrole nitrogens is 1. The molecule has 0 aliphatic carbocycles. The van der Waals surface area contributed by atoms with Gasteiger partial charge in [-0.25, -0.2) is 4.79 Å². The first-order valence-corrected chi connectivity index (χ1v) is 7.40. The fourth-order valence-electron chi connectivity index (χ4n) is 2.46. The van der Waals surface area contributed by atoms with E-state index in [4.69, 9.17) is 11.6 Å². The zero-order valence-electron chi connectivity index (χ0n) is 12.1. The Bertz CT molecular complexity index is 940. The van der Waals surface area contributed by atoms with Gasteiger partial charge in [0.25, 0.3) is 5.56 Å². The van der Waals surface area contributed by atoms with Crippen LogP contribution in [-0.2, 0) is 13.0 Å². The standard InChI is InChI=1S/C17H15ClN2O2/c1-11-2-7-15-14(10-11)16(21)20(17(22)19-15)9-8-12-3-5-13(18)6-4-12/h2-7,10H,8-9H2,1H3,(H,19,22). The highest BCUT2D eigenvalue weighted by Crippen LogP contribution is 2.11. The molecule has 22 heavy (non-hydrogen) atoms. The molecule has 0 fully saturated rings. The molecule has 0 bridgehead atoms. The Morgan fingerprint density at radius 1 is 1.09 bits per heavy atom. The van der Waals surface area contributed by atoms with Gasteiger partial charge in [-0.1, -0.05) is 35.4 Å². The van der Waals surface area contributed by atoms with Gasteiger partial charge in [0.2, 0.25) is 0 Å². The predicted octanol–water partition coefficient (Wildman–Crippen LogP) is 2.89. The van der Waals surface area contributed by atoms with Crippen molar-refractivity contribution in [2.45, 2.75) is 19.9 Å². The summed E-state index contributed by atoms with van der Waals surface area (Å²) in [7, 11) is 0. The van der Waals surface area contributed by atoms with E-state index in [0.717, 1.165) is 11.1 Å². The van der Waals surface area contributed by atoms with Crippen LogP contribution >= 0.6 is 11.6 Å². The number of nitrogens with zero attached hydrogens (tertiary/aromatic N) is 1. The highest BCUT2D eigenvalue weighted by atomic mass is 35.5. The summed E-state index contributed by atoms with van der Waals surface area (Å²) in [5.74, 6) is 0. The summed E-state index contributed by atoms with van der Waals surface area (Å²) < 4.78 is 1.25. The lowest BCUT2D eigenvalue weighted by molar-refractivity contribution is 0.636. The summed E-state index contributed by atoms with van der Waals surface area (Å²) in [6.07, 6.45) is 0.595. The lowest BCUT2D eigenvalue weighted by atomic mass is 10.1. The van der Waals surface area contributed by atoms with E-state index in [1.165, 1.54) is 4.57 Å². The van der Waals surface area contributed by atoms with Gasteiger partial charge in [-0.3, -0.25) is 9.36 Å². The third-order valence-corrected chi connectivity index (χ3v) is 3.93. The molecule has 0 radical (unpaired) electrons. The molecule has 0 saturated carbocycles. The number of fused-ring (bicyclic) bond motifs is 1. The Morgan fingerprint density at radius 3 is 2.55 bits per heavy atom. The van der Waals surface area contributed by atoms with E-state index in [0.29, 0.717) is 28.9 Å². The van der Waals surface area contributed by atoms with Crippen molar-refractivity contribution < 1.29 is 0 Å². The van der Waals surface area contributed by atoms with Crippen LogP contribution in [-0.4, -0.2) is 9.55 Å². The number of hydrogen-bond donors (Lipinski definition) is 1. The summed E-state index contributed by atoms with van der Waals surface area (Å²) in [6.45, 7) is 2.25. The van der Waals surface area contributed by atoms with Gasteiger partial charge < -0.3 is 4.98 Å². The molecule has 0 aliphatic rings. The first-order valence-electron chi connectivity index (χ1n) is 7.02. The van der Waals surface area contributed by atoms with E-state index in [1.807, 2.05) is 25.1 Å². The van der Waals surface area contributed by atoms with Crippen LogP contribution in [0, 0.1) is 6.92 Å². The molecular weight excluding hydrogens is 300 g/mol. The molecule has 0 spiro atoms. The molecule has 4 nitrogen and oxygen atoms in total. The van der Waals surface area contributed by atoms with E-state index in [2.05, 4.69) is 4.98 Å². The van der Waals surface area contributed by atoms with Gasteiger partial charge in [0.1, 0.15) is 0 Å². The molecule has 112 valence electrons. The van der Waals surface area contributed by atoms with Crippen molar-refractivity contribution >= 4 is 22.5 Å². The average molecular weight is 315 g/mol. The molecule has 3 aromatic rings. The van der Waals surface area contributed by atoms with Gasteiger partial charge in [0.05, 0.1) is 10.9 Å². The smallest absolute Gasteiger partial charge is 0.307 e. The average Bonchev–Trinajstić information content (AvgIpc) is 2.50. The van der Waals surface area contributed by atoms with Gasteiger partial charge in [0.15, 0.2) is 0 Å². The maximum absolute atomic E-state index is 12.5. The topological polar surface area (TPSA) is 54.9 Å². The van der Waals surface area contributed by atoms with E-state index in [-0.39, 0.29) is 11.2 Å². The Hall–Kier alpha value is -2.33. The first-order chi connectivity index (χ1) is 10.5. The Kier molecular flexibility index (Phi) is 3.86. The van der Waals surface area contributed by atoms with Crippen molar-refractivity contribution in [1.82, 2.24) is 9.55 Å². The summed E-state index contributed by atoms with van der Waals surface area (Å²) in [5.41, 5.74) is 1.95. The minimum absolute atomic E-state index is 0.253. The molecule has 0 aliphatic heterocycles. The fourth-order valence-corrected chi connectivity index (χ4v) is 2.59. The molecule has 5 heteroatoms. The second-order valence-electron chi connectivity index (χ2n) is 5.31. The van der Waals surface area contributed by atoms with Crippen molar-refractivity contribution in [3.05, 3.63) is 79.5 Å². The highest BCUT2D eigenvalue weighted by Gasteiger charge is 2.07. The summed E-state index contributed by atoms with van der Waals surface area (Å²) in [4.78, 5) is 27.4. The van der Waals surface area contributed by atoms with Gasteiger partial charge in [-0.15, -0.1) is 0 Å². The van der Waals surface area contributed by atoms with Crippen molar-refractivity contribution in [1.29, 1.82) is 0 Å². The van der Waals surface area contributed by atoms with Crippen LogP contribution in [0.2, 0.25) is 5.02 Å². The molecule has 1 N–H and O–H groups in total. The largest absolute Gasteiger partial charge is 0.328 e. The van der Waals surface area contributed by atoms with Crippen molar-refractivity contribution in [3.63, 3.8) is 0 Å². The maximum Gasteiger partial charge on any atom is 0.328 e. The number of halogens is 1. The maximum atomic E-state index is 12.5. The zero-order valence-corrected chi connectivity index (χ0v) is 12.9. The van der Waals surface area contributed by atoms with E-state index in [9.17, 15) is 9.59 Å². The van der Waals surface area contributed by atoms with Gasteiger partial charge in [-0.05, 0) is 43.2 Å². The molecule has 3 rings (SSSR count). The van der Waals surface area contributed by atoms with Crippen LogP contribution in [0.5, 0.6) is 0 Å². The van der Waals surface area contributed by atoms with Crippen LogP contribution < -0.4 is 11.2 Å². The summed E-state index contributed by atoms with van der Waals surface area (Å²) in [5, 5.41) is 1.20. The van der Waals surface area contributed by atoms with Gasteiger partial charge in [0, 0.05) is 11.6 Å². The lowest BCUT2D eigenvalue weighted by Crippen LogP contribution is -2.35. The SMILES string of the molecule is Cc1ccc2[nH]c(=O)n(CCc3ccc(Cl)cc3)c(=O)c2c1. The van der Waals surface area contributed by atoms with Crippen molar-refractivity contribution in [2.24, 2.45) is 0 Å².